The van der Waals surface area contributed by atoms with E-state index in [9.17, 15) is 4.79 Å². The molecule has 0 aromatic heterocycles. The van der Waals surface area contributed by atoms with Gasteiger partial charge in [-0.25, -0.2) is 0 Å². The Labute approximate surface area is 129 Å². The number of rotatable bonds is 3. The topological polar surface area (TPSA) is 55.1 Å². The standard InChI is InChI=1S/C18H32N2O/c1-11(20-16(21)15(19)17(2,3)4)18-8-12-5-13(9-18)7-14(6-12)10-18/h11-15H,5-10,19H2,1-4H3,(H,20,21)/t11?,12?,13?,14?,15-,18?/m0/s1. The van der Waals surface area contributed by atoms with Crippen molar-refractivity contribution in [3.8, 4) is 0 Å². The van der Waals surface area contributed by atoms with Gasteiger partial charge < -0.3 is 11.1 Å². The Morgan fingerprint density at radius 2 is 1.52 bits per heavy atom. The summed E-state index contributed by atoms with van der Waals surface area (Å²) in [5.74, 6) is 2.80. The second kappa shape index (κ2) is 4.97. The Balaban J connectivity index is 1.68. The van der Waals surface area contributed by atoms with Crippen molar-refractivity contribution in [1.82, 2.24) is 5.32 Å². The van der Waals surface area contributed by atoms with E-state index >= 15 is 0 Å². The Morgan fingerprint density at radius 3 is 1.90 bits per heavy atom. The van der Waals surface area contributed by atoms with Gasteiger partial charge in [-0.3, -0.25) is 4.79 Å². The summed E-state index contributed by atoms with van der Waals surface area (Å²) < 4.78 is 0. The van der Waals surface area contributed by atoms with Gasteiger partial charge in [-0.05, 0) is 74.0 Å². The van der Waals surface area contributed by atoms with Crippen LogP contribution in [0.3, 0.4) is 0 Å². The van der Waals surface area contributed by atoms with E-state index in [4.69, 9.17) is 5.73 Å². The van der Waals surface area contributed by atoms with E-state index in [0.29, 0.717) is 5.41 Å². The smallest absolute Gasteiger partial charge is 0.237 e. The summed E-state index contributed by atoms with van der Waals surface area (Å²) in [6, 6.07) is -0.152. The number of nitrogens with one attached hydrogen (secondary N) is 1. The van der Waals surface area contributed by atoms with Crippen LogP contribution in [-0.4, -0.2) is 18.0 Å². The molecule has 0 aliphatic heterocycles. The molecule has 0 spiro atoms. The largest absolute Gasteiger partial charge is 0.352 e. The zero-order chi connectivity index (χ0) is 15.4. The lowest BCUT2D eigenvalue weighted by Crippen LogP contribution is -2.59. The molecule has 3 nitrogen and oxygen atoms in total. The quantitative estimate of drug-likeness (QED) is 0.840. The molecule has 0 aromatic carbocycles. The van der Waals surface area contributed by atoms with E-state index in [1.54, 1.807) is 0 Å². The Hall–Kier alpha value is -0.570. The van der Waals surface area contributed by atoms with Crippen molar-refractivity contribution in [3.05, 3.63) is 0 Å². The first-order valence-corrected chi connectivity index (χ1v) is 8.75. The van der Waals surface area contributed by atoms with Crippen molar-refractivity contribution < 1.29 is 4.79 Å². The predicted octanol–water partition coefficient (Wildman–Crippen LogP) is 3.08. The highest BCUT2D eigenvalue weighted by molar-refractivity contribution is 5.82. The molecule has 4 aliphatic rings. The van der Waals surface area contributed by atoms with Crippen LogP contribution in [0, 0.1) is 28.6 Å². The second-order valence-corrected chi connectivity index (χ2v) is 9.35. The van der Waals surface area contributed by atoms with Gasteiger partial charge in [0.15, 0.2) is 0 Å². The first-order valence-electron chi connectivity index (χ1n) is 8.75. The van der Waals surface area contributed by atoms with Gasteiger partial charge in [-0.1, -0.05) is 20.8 Å². The van der Waals surface area contributed by atoms with Crippen LogP contribution in [0.25, 0.3) is 0 Å². The Morgan fingerprint density at radius 1 is 1.10 bits per heavy atom. The fourth-order valence-electron chi connectivity index (χ4n) is 5.56. The van der Waals surface area contributed by atoms with Gasteiger partial charge in [0.25, 0.3) is 0 Å². The highest BCUT2D eigenvalue weighted by Gasteiger charge is 2.53. The maximum atomic E-state index is 12.5. The predicted molar refractivity (Wildman–Crippen MR) is 85.6 cm³/mol. The van der Waals surface area contributed by atoms with Crippen LogP contribution in [0.4, 0.5) is 0 Å². The molecule has 1 unspecified atom stereocenters. The van der Waals surface area contributed by atoms with Crippen LogP contribution in [0.2, 0.25) is 0 Å². The summed E-state index contributed by atoms with van der Waals surface area (Å²) in [4.78, 5) is 12.5. The Bertz CT molecular complexity index is 388. The maximum Gasteiger partial charge on any atom is 0.237 e. The van der Waals surface area contributed by atoms with Gasteiger partial charge in [0.2, 0.25) is 5.91 Å². The van der Waals surface area contributed by atoms with Crippen molar-refractivity contribution in [1.29, 1.82) is 0 Å². The zero-order valence-electron chi connectivity index (χ0n) is 14.1. The summed E-state index contributed by atoms with van der Waals surface area (Å²) in [5, 5.41) is 3.28. The molecule has 4 rings (SSSR count). The Kier molecular flexibility index (Phi) is 3.63. The molecule has 3 heteroatoms. The third-order valence-electron chi connectivity index (χ3n) is 6.58. The summed E-state index contributed by atoms with van der Waals surface area (Å²) in [6.07, 6.45) is 8.31. The number of hydrogen-bond acceptors (Lipinski definition) is 2. The van der Waals surface area contributed by atoms with Crippen molar-refractivity contribution in [3.63, 3.8) is 0 Å². The molecule has 2 atom stereocenters. The summed E-state index contributed by atoms with van der Waals surface area (Å²) in [5.41, 5.74) is 6.31. The van der Waals surface area contributed by atoms with E-state index in [0.717, 1.165) is 17.8 Å². The molecular formula is C18H32N2O. The molecule has 1 amide bonds. The average Bonchev–Trinajstić information content (AvgIpc) is 2.34. The molecular weight excluding hydrogens is 260 g/mol. The lowest BCUT2D eigenvalue weighted by Gasteiger charge is -2.59. The summed E-state index contributed by atoms with van der Waals surface area (Å²) in [6.45, 7) is 8.33. The van der Waals surface area contributed by atoms with Gasteiger partial charge in [-0.2, -0.15) is 0 Å². The van der Waals surface area contributed by atoms with E-state index < -0.39 is 6.04 Å². The zero-order valence-corrected chi connectivity index (χ0v) is 14.1. The molecule has 0 radical (unpaired) electrons. The van der Waals surface area contributed by atoms with Crippen LogP contribution < -0.4 is 11.1 Å². The van der Waals surface area contributed by atoms with Crippen molar-refractivity contribution >= 4 is 5.91 Å². The number of amides is 1. The maximum absolute atomic E-state index is 12.5. The van der Waals surface area contributed by atoms with Crippen molar-refractivity contribution in [2.45, 2.75) is 78.3 Å². The molecule has 21 heavy (non-hydrogen) atoms. The SMILES string of the molecule is CC(NC(=O)[C@H](N)C(C)(C)C)C12CC3CC(CC(C3)C1)C2. The number of nitrogens with two attached hydrogens (primary N) is 1. The normalized spacial score (nSPS) is 40.9. The molecule has 4 bridgehead atoms. The van der Waals surface area contributed by atoms with E-state index in [2.05, 4.69) is 12.2 Å². The molecule has 120 valence electrons. The number of hydrogen-bond donors (Lipinski definition) is 2. The van der Waals surface area contributed by atoms with Crippen LogP contribution >= 0.6 is 0 Å². The highest BCUT2D eigenvalue weighted by Crippen LogP contribution is 2.61. The number of carbonyl (C=O) groups excluding carboxylic acids is 1. The number of carbonyl (C=O) groups is 1. The average molecular weight is 292 g/mol. The van der Waals surface area contributed by atoms with E-state index in [-0.39, 0.29) is 17.4 Å². The fourth-order valence-corrected chi connectivity index (χ4v) is 5.56. The molecule has 0 aromatic rings. The van der Waals surface area contributed by atoms with Crippen LogP contribution in [0.5, 0.6) is 0 Å². The second-order valence-electron chi connectivity index (χ2n) is 9.35. The lowest BCUT2D eigenvalue weighted by atomic mass is 9.48. The minimum atomic E-state index is -0.422. The molecule has 4 aliphatic carbocycles. The van der Waals surface area contributed by atoms with Crippen LogP contribution in [0.15, 0.2) is 0 Å². The molecule has 0 saturated heterocycles. The lowest BCUT2D eigenvalue weighted by molar-refractivity contribution is -0.129. The third-order valence-corrected chi connectivity index (χ3v) is 6.58. The van der Waals surface area contributed by atoms with Crippen molar-refractivity contribution in [2.75, 3.05) is 0 Å². The van der Waals surface area contributed by atoms with Crippen LogP contribution in [-0.2, 0) is 4.79 Å². The van der Waals surface area contributed by atoms with Crippen molar-refractivity contribution in [2.24, 2.45) is 34.3 Å². The third kappa shape index (κ3) is 2.74. The van der Waals surface area contributed by atoms with E-state index in [1.807, 2.05) is 20.8 Å². The fraction of sp³-hybridized carbons (Fsp3) is 0.944. The monoisotopic (exact) mass is 292 g/mol. The summed E-state index contributed by atoms with van der Waals surface area (Å²) >= 11 is 0. The first-order chi connectivity index (χ1) is 9.69. The molecule has 3 N–H and O–H groups in total. The summed E-state index contributed by atoms with van der Waals surface area (Å²) in [7, 11) is 0. The van der Waals surface area contributed by atoms with Gasteiger partial charge in [0.1, 0.15) is 0 Å². The highest BCUT2D eigenvalue weighted by atomic mass is 16.2. The van der Waals surface area contributed by atoms with Gasteiger partial charge >= 0.3 is 0 Å². The molecule has 4 saturated carbocycles. The van der Waals surface area contributed by atoms with Gasteiger partial charge in [0, 0.05) is 6.04 Å². The molecule has 0 heterocycles. The van der Waals surface area contributed by atoms with Crippen LogP contribution in [0.1, 0.15) is 66.2 Å². The van der Waals surface area contributed by atoms with E-state index in [1.165, 1.54) is 38.5 Å². The molecule has 4 fully saturated rings. The first kappa shape index (κ1) is 15.3. The minimum absolute atomic E-state index is 0.0331. The van der Waals surface area contributed by atoms with Gasteiger partial charge in [0.05, 0.1) is 6.04 Å². The van der Waals surface area contributed by atoms with Gasteiger partial charge in [-0.15, -0.1) is 0 Å². The minimum Gasteiger partial charge on any atom is -0.352 e.